The Kier molecular flexibility index (Phi) is 6.03. The van der Waals surface area contributed by atoms with Gasteiger partial charge < -0.3 is 5.32 Å². The maximum atomic E-state index is 11.4. The molecule has 0 saturated carbocycles. The standard InChI is InChI=1S/C20H19N3O2S2/c1-12(14-4-7-17(22-11-24)19(8-14)26-3)20-23-18(10-27-20)16-6-5-15(9-21-16)13(2)25/h4-12H,1-3H3,(H,22,24). The molecular weight excluding hydrogens is 378 g/mol. The lowest BCUT2D eigenvalue weighted by Crippen LogP contribution is -2.00. The highest BCUT2D eigenvalue weighted by Gasteiger charge is 2.16. The van der Waals surface area contributed by atoms with Crippen molar-refractivity contribution in [3.8, 4) is 11.4 Å². The van der Waals surface area contributed by atoms with Crippen molar-refractivity contribution in [3.05, 3.63) is 58.0 Å². The number of nitrogens with one attached hydrogen (secondary N) is 1. The summed E-state index contributed by atoms with van der Waals surface area (Å²) < 4.78 is 0. The second-order valence-corrected chi connectivity index (χ2v) is 7.74. The van der Waals surface area contributed by atoms with E-state index in [0.29, 0.717) is 12.0 Å². The van der Waals surface area contributed by atoms with Gasteiger partial charge in [-0.15, -0.1) is 23.1 Å². The number of pyridine rings is 1. The average molecular weight is 398 g/mol. The molecule has 2 heterocycles. The molecule has 1 N–H and O–H groups in total. The van der Waals surface area contributed by atoms with Crippen LogP contribution in [0.5, 0.6) is 0 Å². The minimum atomic E-state index is -0.00115. The van der Waals surface area contributed by atoms with Crippen LogP contribution >= 0.6 is 23.1 Å². The molecule has 0 aliphatic heterocycles. The molecule has 1 amide bonds. The third-order valence-corrected chi connectivity index (χ3v) is 6.07. The van der Waals surface area contributed by atoms with Crippen LogP contribution in [-0.4, -0.2) is 28.4 Å². The maximum Gasteiger partial charge on any atom is 0.211 e. The van der Waals surface area contributed by atoms with Gasteiger partial charge in [0.1, 0.15) is 5.01 Å². The fourth-order valence-corrected chi connectivity index (χ4v) is 4.16. The van der Waals surface area contributed by atoms with Crippen LogP contribution in [0.3, 0.4) is 0 Å². The number of amides is 1. The maximum absolute atomic E-state index is 11.4. The highest BCUT2D eigenvalue weighted by atomic mass is 32.2. The van der Waals surface area contributed by atoms with Gasteiger partial charge in [-0.1, -0.05) is 13.0 Å². The molecule has 1 aromatic carbocycles. The van der Waals surface area contributed by atoms with E-state index < -0.39 is 0 Å². The second kappa shape index (κ2) is 8.45. The largest absolute Gasteiger partial charge is 0.328 e. The zero-order valence-electron chi connectivity index (χ0n) is 15.2. The van der Waals surface area contributed by atoms with E-state index in [1.165, 1.54) is 6.92 Å². The summed E-state index contributed by atoms with van der Waals surface area (Å²) in [5, 5.41) is 5.70. The van der Waals surface area contributed by atoms with Gasteiger partial charge in [-0.2, -0.15) is 0 Å². The first-order chi connectivity index (χ1) is 13.0. The van der Waals surface area contributed by atoms with Crippen molar-refractivity contribution in [3.63, 3.8) is 0 Å². The molecule has 0 saturated heterocycles. The van der Waals surface area contributed by atoms with Crippen molar-refractivity contribution in [2.24, 2.45) is 0 Å². The Labute approximate surface area is 166 Å². The van der Waals surface area contributed by atoms with Crippen molar-refractivity contribution >= 4 is 41.0 Å². The Morgan fingerprint density at radius 3 is 2.70 bits per heavy atom. The summed E-state index contributed by atoms with van der Waals surface area (Å²) in [6.45, 7) is 3.64. The number of Topliss-reactive ketones (excluding diaryl/α,β-unsaturated/α-hetero) is 1. The number of nitrogens with zero attached hydrogens (tertiary/aromatic N) is 2. The van der Waals surface area contributed by atoms with Gasteiger partial charge in [0.25, 0.3) is 0 Å². The quantitative estimate of drug-likeness (QED) is 0.350. The molecule has 5 nitrogen and oxygen atoms in total. The van der Waals surface area contributed by atoms with E-state index in [0.717, 1.165) is 32.5 Å². The number of ketones is 1. The monoisotopic (exact) mass is 397 g/mol. The predicted octanol–water partition coefficient (Wildman–Crippen LogP) is 4.85. The van der Waals surface area contributed by atoms with Gasteiger partial charge in [-0.3, -0.25) is 14.6 Å². The third-order valence-electron chi connectivity index (χ3n) is 4.26. The molecule has 0 aliphatic carbocycles. The van der Waals surface area contributed by atoms with E-state index in [9.17, 15) is 9.59 Å². The molecule has 27 heavy (non-hydrogen) atoms. The SMILES string of the molecule is CSc1cc(C(C)c2nc(-c3ccc(C(C)=O)cn3)cs2)ccc1NC=O. The number of hydrogen-bond donors (Lipinski definition) is 1. The molecule has 1 atom stereocenters. The minimum Gasteiger partial charge on any atom is -0.328 e. The van der Waals surface area contributed by atoms with Crippen LogP contribution in [0.25, 0.3) is 11.4 Å². The van der Waals surface area contributed by atoms with E-state index >= 15 is 0 Å². The number of hydrogen-bond acceptors (Lipinski definition) is 6. The van der Waals surface area contributed by atoms with E-state index in [2.05, 4.69) is 23.3 Å². The smallest absolute Gasteiger partial charge is 0.211 e. The van der Waals surface area contributed by atoms with Crippen molar-refractivity contribution in [2.45, 2.75) is 24.7 Å². The average Bonchev–Trinajstić information content (AvgIpc) is 3.18. The number of aromatic nitrogens is 2. The molecule has 1 unspecified atom stereocenters. The van der Waals surface area contributed by atoms with Gasteiger partial charge in [0, 0.05) is 28.0 Å². The first-order valence-corrected chi connectivity index (χ1v) is 10.4. The molecular formula is C20H19N3O2S2. The van der Waals surface area contributed by atoms with Gasteiger partial charge in [0.15, 0.2) is 5.78 Å². The van der Waals surface area contributed by atoms with Crippen LogP contribution in [0.15, 0.2) is 46.8 Å². The number of benzene rings is 1. The molecule has 0 bridgehead atoms. The summed E-state index contributed by atoms with van der Waals surface area (Å²) in [6, 6.07) is 9.62. The molecule has 0 radical (unpaired) electrons. The van der Waals surface area contributed by atoms with E-state index in [-0.39, 0.29) is 11.7 Å². The van der Waals surface area contributed by atoms with Gasteiger partial charge in [0.05, 0.1) is 17.1 Å². The van der Waals surface area contributed by atoms with Crippen LogP contribution in [0.4, 0.5) is 5.69 Å². The zero-order chi connectivity index (χ0) is 19.4. The van der Waals surface area contributed by atoms with Gasteiger partial charge in [-0.05, 0) is 43.0 Å². The van der Waals surface area contributed by atoms with Crippen LogP contribution in [-0.2, 0) is 4.79 Å². The molecule has 138 valence electrons. The number of anilines is 1. The first-order valence-electron chi connectivity index (χ1n) is 8.34. The van der Waals surface area contributed by atoms with Gasteiger partial charge in [-0.25, -0.2) is 4.98 Å². The van der Waals surface area contributed by atoms with Crippen molar-refractivity contribution < 1.29 is 9.59 Å². The first kappa shape index (κ1) is 19.3. The predicted molar refractivity (Wildman–Crippen MR) is 111 cm³/mol. The van der Waals surface area contributed by atoms with Crippen molar-refractivity contribution in [1.29, 1.82) is 0 Å². The van der Waals surface area contributed by atoms with Crippen LogP contribution < -0.4 is 5.32 Å². The molecule has 0 aliphatic rings. The van der Waals surface area contributed by atoms with Crippen molar-refractivity contribution in [1.82, 2.24) is 9.97 Å². The van der Waals surface area contributed by atoms with Crippen LogP contribution in [0.1, 0.15) is 40.7 Å². The number of rotatable bonds is 7. The fraction of sp³-hybridized carbons (Fsp3) is 0.200. The summed E-state index contributed by atoms with van der Waals surface area (Å²) in [6.07, 6.45) is 4.26. The Hall–Kier alpha value is -2.51. The fourth-order valence-electron chi connectivity index (χ4n) is 2.66. The highest BCUT2D eigenvalue weighted by Crippen LogP contribution is 2.34. The Bertz CT molecular complexity index is 968. The van der Waals surface area contributed by atoms with E-state index in [1.54, 1.807) is 35.4 Å². The lowest BCUT2D eigenvalue weighted by atomic mass is 10.0. The third kappa shape index (κ3) is 4.26. The number of thiazole rings is 1. The molecule has 2 aromatic heterocycles. The van der Waals surface area contributed by atoms with Gasteiger partial charge in [0.2, 0.25) is 6.41 Å². The summed E-state index contributed by atoms with van der Waals surface area (Å²) in [4.78, 5) is 32.2. The zero-order valence-corrected chi connectivity index (χ0v) is 16.9. The Balaban J connectivity index is 1.85. The summed E-state index contributed by atoms with van der Waals surface area (Å²) in [5.41, 5.74) is 4.10. The summed E-state index contributed by atoms with van der Waals surface area (Å²) >= 11 is 3.18. The molecule has 3 rings (SSSR count). The molecule has 0 spiro atoms. The minimum absolute atomic E-state index is 0.00115. The summed E-state index contributed by atoms with van der Waals surface area (Å²) in [7, 11) is 0. The van der Waals surface area contributed by atoms with E-state index in [1.807, 2.05) is 29.8 Å². The highest BCUT2D eigenvalue weighted by molar-refractivity contribution is 7.98. The summed E-state index contributed by atoms with van der Waals surface area (Å²) in [5.74, 6) is 0.121. The Morgan fingerprint density at radius 2 is 2.07 bits per heavy atom. The number of carbonyl (C=O) groups excluding carboxylic acids is 2. The number of thioether (sulfide) groups is 1. The van der Waals surface area contributed by atoms with E-state index in [4.69, 9.17) is 4.98 Å². The molecule has 0 fully saturated rings. The second-order valence-electron chi connectivity index (χ2n) is 6.00. The Morgan fingerprint density at radius 1 is 1.26 bits per heavy atom. The van der Waals surface area contributed by atoms with Crippen LogP contribution in [0, 0.1) is 0 Å². The normalized spacial score (nSPS) is 11.8. The van der Waals surface area contributed by atoms with Crippen LogP contribution in [0.2, 0.25) is 0 Å². The lowest BCUT2D eigenvalue weighted by molar-refractivity contribution is -0.105. The number of carbonyl (C=O) groups is 2. The topological polar surface area (TPSA) is 72.0 Å². The van der Waals surface area contributed by atoms with Gasteiger partial charge >= 0.3 is 0 Å². The molecule has 3 aromatic rings. The van der Waals surface area contributed by atoms with Crippen molar-refractivity contribution in [2.75, 3.05) is 11.6 Å². The molecule has 7 heteroatoms. The lowest BCUT2D eigenvalue weighted by Gasteiger charge is -2.13.